The van der Waals surface area contributed by atoms with Crippen LogP contribution in [0.5, 0.6) is 0 Å². The third kappa shape index (κ3) is 2.83. The highest BCUT2D eigenvalue weighted by molar-refractivity contribution is 5.93. The van der Waals surface area contributed by atoms with Crippen LogP contribution in [0, 0.1) is 0 Å². The number of rotatable bonds is 3. The van der Waals surface area contributed by atoms with Gasteiger partial charge < -0.3 is 0 Å². The Morgan fingerprint density at radius 1 is 1.08 bits per heavy atom. The van der Waals surface area contributed by atoms with Gasteiger partial charge in [-0.2, -0.15) is 10.1 Å². The van der Waals surface area contributed by atoms with Crippen LogP contribution >= 0.6 is 0 Å². The van der Waals surface area contributed by atoms with E-state index in [1.165, 1.54) is 6.92 Å². The molecule has 4 rings (SSSR count). The molecule has 3 aromatic heterocycles. The molecular weight excluding hydrogens is 316 g/mol. The SMILES string of the molecule is CC(=O)Nc1ncc2c(-c3ccccc3)nn(-c3cccnc3)c2n1. The minimum atomic E-state index is -0.227. The lowest BCUT2D eigenvalue weighted by Gasteiger charge is -2.03. The van der Waals surface area contributed by atoms with E-state index < -0.39 is 0 Å². The Balaban J connectivity index is 1.97. The van der Waals surface area contributed by atoms with Crippen molar-refractivity contribution in [3.63, 3.8) is 0 Å². The largest absolute Gasteiger partial charge is 0.295 e. The smallest absolute Gasteiger partial charge is 0.231 e. The Kier molecular flexibility index (Phi) is 3.66. The maximum atomic E-state index is 11.3. The molecule has 0 bridgehead atoms. The number of carbonyl (C=O) groups excluding carboxylic acids is 1. The number of aromatic nitrogens is 5. The lowest BCUT2D eigenvalue weighted by atomic mass is 10.1. The third-order valence-electron chi connectivity index (χ3n) is 3.65. The van der Waals surface area contributed by atoms with Crippen LogP contribution in [0.4, 0.5) is 5.95 Å². The zero-order valence-corrected chi connectivity index (χ0v) is 13.4. The van der Waals surface area contributed by atoms with Gasteiger partial charge in [0.2, 0.25) is 11.9 Å². The number of hydrogen-bond donors (Lipinski definition) is 1. The number of hydrogen-bond acceptors (Lipinski definition) is 5. The van der Waals surface area contributed by atoms with Gasteiger partial charge in [-0.25, -0.2) is 9.67 Å². The first-order valence-corrected chi connectivity index (χ1v) is 7.71. The van der Waals surface area contributed by atoms with E-state index in [9.17, 15) is 4.79 Å². The maximum Gasteiger partial charge on any atom is 0.231 e. The molecule has 0 radical (unpaired) electrons. The summed E-state index contributed by atoms with van der Waals surface area (Å²) in [5.41, 5.74) is 3.12. The molecule has 1 N–H and O–H groups in total. The Hall–Kier alpha value is -3.61. The molecule has 0 aliphatic carbocycles. The topological polar surface area (TPSA) is 85.6 Å². The van der Waals surface area contributed by atoms with E-state index in [0.717, 1.165) is 22.3 Å². The van der Waals surface area contributed by atoms with E-state index >= 15 is 0 Å². The highest BCUT2D eigenvalue weighted by Gasteiger charge is 2.16. The number of amides is 1. The molecule has 3 heterocycles. The van der Waals surface area contributed by atoms with Gasteiger partial charge in [0.15, 0.2) is 5.65 Å². The van der Waals surface area contributed by atoms with Gasteiger partial charge >= 0.3 is 0 Å². The summed E-state index contributed by atoms with van der Waals surface area (Å²) >= 11 is 0. The van der Waals surface area contributed by atoms with E-state index in [1.54, 1.807) is 23.3 Å². The molecule has 1 aromatic carbocycles. The van der Waals surface area contributed by atoms with Crippen LogP contribution in [0.3, 0.4) is 0 Å². The van der Waals surface area contributed by atoms with Crippen molar-refractivity contribution < 1.29 is 4.79 Å². The molecule has 1 amide bonds. The number of benzene rings is 1. The first kappa shape index (κ1) is 14.9. The molecule has 7 nitrogen and oxygen atoms in total. The van der Waals surface area contributed by atoms with Gasteiger partial charge in [0.25, 0.3) is 0 Å². The van der Waals surface area contributed by atoms with Crippen LogP contribution in [-0.2, 0) is 4.79 Å². The molecule has 0 saturated heterocycles. The van der Waals surface area contributed by atoms with Crippen molar-refractivity contribution in [3.05, 3.63) is 61.1 Å². The fraction of sp³-hybridized carbons (Fsp3) is 0.0556. The Labute approximate surface area is 143 Å². The highest BCUT2D eigenvalue weighted by Crippen LogP contribution is 2.28. The number of fused-ring (bicyclic) bond motifs is 1. The standard InChI is InChI=1S/C18H14N6O/c1-12(25)21-18-20-11-15-16(13-6-3-2-4-7-13)23-24(17(15)22-18)14-8-5-9-19-10-14/h2-11H,1H3,(H,20,21,22,25). The van der Waals surface area contributed by atoms with Crippen molar-refractivity contribution in [3.8, 4) is 16.9 Å². The van der Waals surface area contributed by atoms with Gasteiger partial charge in [-0.15, -0.1) is 0 Å². The Morgan fingerprint density at radius 2 is 1.92 bits per heavy atom. The summed E-state index contributed by atoms with van der Waals surface area (Å²) in [6.07, 6.45) is 5.09. The molecular formula is C18H14N6O. The van der Waals surface area contributed by atoms with Crippen molar-refractivity contribution in [2.45, 2.75) is 6.92 Å². The summed E-state index contributed by atoms with van der Waals surface area (Å²) in [7, 11) is 0. The predicted molar refractivity (Wildman–Crippen MR) is 94.2 cm³/mol. The number of nitrogens with one attached hydrogen (secondary N) is 1. The van der Waals surface area contributed by atoms with Crippen molar-refractivity contribution >= 4 is 22.9 Å². The Morgan fingerprint density at radius 3 is 2.64 bits per heavy atom. The lowest BCUT2D eigenvalue weighted by Crippen LogP contribution is -2.09. The van der Waals surface area contributed by atoms with Gasteiger partial charge in [-0.05, 0) is 12.1 Å². The molecule has 4 aromatic rings. The van der Waals surface area contributed by atoms with Crippen LogP contribution in [0.25, 0.3) is 28.0 Å². The fourth-order valence-corrected chi connectivity index (χ4v) is 2.59. The summed E-state index contributed by atoms with van der Waals surface area (Å²) in [5.74, 6) is 0.0136. The molecule has 122 valence electrons. The second-order valence-electron chi connectivity index (χ2n) is 5.45. The number of nitrogens with zero attached hydrogens (tertiary/aromatic N) is 5. The van der Waals surface area contributed by atoms with Crippen molar-refractivity contribution in [2.75, 3.05) is 5.32 Å². The van der Waals surface area contributed by atoms with Crippen LogP contribution < -0.4 is 5.32 Å². The molecule has 0 atom stereocenters. The van der Waals surface area contributed by atoms with E-state index in [-0.39, 0.29) is 11.9 Å². The minimum absolute atomic E-state index is 0.227. The summed E-state index contributed by atoms with van der Waals surface area (Å²) in [6, 6.07) is 13.6. The lowest BCUT2D eigenvalue weighted by molar-refractivity contribution is -0.114. The summed E-state index contributed by atoms with van der Waals surface area (Å²) in [6.45, 7) is 1.42. The zero-order chi connectivity index (χ0) is 17.2. The number of pyridine rings is 1. The molecule has 0 aliphatic heterocycles. The molecule has 7 heteroatoms. The zero-order valence-electron chi connectivity index (χ0n) is 13.4. The van der Waals surface area contributed by atoms with Crippen molar-refractivity contribution in [2.24, 2.45) is 0 Å². The van der Waals surface area contributed by atoms with Crippen LogP contribution in [0.1, 0.15) is 6.92 Å². The average Bonchev–Trinajstić information content (AvgIpc) is 3.01. The normalized spacial score (nSPS) is 10.8. The van der Waals surface area contributed by atoms with Crippen molar-refractivity contribution in [1.29, 1.82) is 0 Å². The van der Waals surface area contributed by atoms with Crippen LogP contribution in [0.15, 0.2) is 61.1 Å². The Bertz CT molecular complexity index is 1040. The van der Waals surface area contributed by atoms with Gasteiger partial charge in [0, 0.05) is 24.9 Å². The predicted octanol–water partition coefficient (Wildman–Crippen LogP) is 2.84. The van der Waals surface area contributed by atoms with Crippen LogP contribution in [-0.4, -0.2) is 30.6 Å². The third-order valence-corrected chi connectivity index (χ3v) is 3.65. The average molecular weight is 330 g/mol. The first-order valence-electron chi connectivity index (χ1n) is 7.71. The van der Waals surface area contributed by atoms with Crippen LogP contribution in [0.2, 0.25) is 0 Å². The molecule has 0 fully saturated rings. The molecule has 0 saturated carbocycles. The number of carbonyl (C=O) groups is 1. The van der Waals surface area contributed by atoms with Gasteiger partial charge in [0.05, 0.1) is 17.3 Å². The second kappa shape index (κ2) is 6.12. The second-order valence-corrected chi connectivity index (χ2v) is 5.45. The fourth-order valence-electron chi connectivity index (χ4n) is 2.59. The van der Waals surface area contributed by atoms with Gasteiger partial charge in [0.1, 0.15) is 5.69 Å². The van der Waals surface area contributed by atoms with Gasteiger partial charge in [-0.3, -0.25) is 15.1 Å². The molecule has 25 heavy (non-hydrogen) atoms. The van der Waals surface area contributed by atoms with Gasteiger partial charge in [-0.1, -0.05) is 30.3 Å². The quantitative estimate of drug-likeness (QED) is 0.624. The van der Waals surface area contributed by atoms with E-state index in [1.807, 2.05) is 42.5 Å². The van der Waals surface area contributed by atoms with E-state index in [0.29, 0.717) is 5.65 Å². The summed E-state index contributed by atoms with van der Waals surface area (Å²) < 4.78 is 1.71. The highest BCUT2D eigenvalue weighted by atomic mass is 16.1. The maximum absolute atomic E-state index is 11.3. The van der Waals surface area contributed by atoms with E-state index in [2.05, 4.69) is 20.3 Å². The number of anilines is 1. The minimum Gasteiger partial charge on any atom is -0.295 e. The monoisotopic (exact) mass is 330 g/mol. The molecule has 0 spiro atoms. The molecule has 0 aliphatic rings. The summed E-state index contributed by atoms with van der Waals surface area (Å²) in [5, 5.41) is 8.11. The van der Waals surface area contributed by atoms with Crippen molar-refractivity contribution in [1.82, 2.24) is 24.7 Å². The first-order chi connectivity index (χ1) is 12.2. The molecule has 0 unspecified atom stereocenters. The summed E-state index contributed by atoms with van der Waals surface area (Å²) in [4.78, 5) is 24.1. The van der Waals surface area contributed by atoms with E-state index in [4.69, 9.17) is 5.10 Å².